The van der Waals surface area contributed by atoms with E-state index in [4.69, 9.17) is 0 Å². The van der Waals surface area contributed by atoms with Gasteiger partial charge >= 0.3 is 5.69 Å². The molecule has 0 fully saturated rings. The average Bonchev–Trinajstić information content (AvgIpc) is 3.17. The zero-order valence-electron chi connectivity index (χ0n) is 13.5. The van der Waals surface area contributed by atoms with Crippen LogP contribution in [0.3, 0.4) is 0 Å². The summed E-state index contributed by atoms with van der Waals surface area (Å²) >= 11 is 1.66. The predicted octanol–water partition coefficient (Wildman–Crippen LogP) is 0.977. The third kappa shape index (κ3) is 3.39. The van der Waals surface area contributed by atoms with Crippen molar-refractivity contribution in [1.29, 1.82) is 0 Å². The van der Waals surface area contributed by atoms with Crippen molar-refractivity contribution in [2.24, 2.45) is 0 Å². The number of thiophene rings is 1. The van der Waals surface area contributed by atoms with E-state index in [0.29, 0.717) is 12.2 Å². The number of rotatable bonds is 6. The maximum Gasteiger partial charge on any atom is 0.350 e. The minimum absolute atomic E-state index is 0.0922. The number of likely N-dealkylation sites (N-methyl/N-ethyl adjacent to an activating group) is 1. The molecule has 0 aliphatic carbocycles. The molecule has 1 unspecified atom stereocenters. The summed E-state index contributed by atoms with van der Waals surface area (Å²) in [5.41, 5.74) is 0.211. The van der Waals surface area contributed by atoms with Gasteiger partial charge in [0.25, 0.3) is 0 Å². The molecule has 3 aromatic heterocycles. The highest BCUT2D eigenvalue weighted by molar-refractivity contribution is 7.10. The Labute approximate surface area is 143 Å². The number of amides is 1. The van der Waals surface area contributed by atoms with Crippen LogP contribution in [0, 0.1) is 0 Å². The summed E-state index contributed by atoms with van der Waals surface area (Å²) in [4.78, 5) is 27.6. The fourth-order valence-corrected chi connectivity index (χ4v) is 3.41. The highest BCUT2D eigenvalue weighted by atomic mass is 32.1. The van der Waals surface area contributed by atoms with Crippen molar-refractivity contribution in [2.45, 2.75) is 12.6 Å². The molecular formula is C16H19N5O2S. The molecule has 0 aliphatic heterocycles. The van der Waals surface area contributed by atoms with E-state index in [1.165, 1.54) is 14.0 Å². The Balaban J connectivity index is 1.66. The average molecular weight is 345 g/mol. The second-order valence-corrected chi connectivity index (χ2v) is 6.65. The van der Waals surface area contributed by atoms with E-state index in [9.17, 15) is 9.59 Å². The van der Waals surface area contributed by atoms with Crippen LogP contribution in [0.25, 0.3) is 5.65 Å². The minimum Gasteiger partial charge on any atom is -0.353 e. The van der Waals surface area contributed by atoms with Gasteiger partial charge in [-0.15, -0.1) is 16.4 Å². The number of carbonyl (C=O) groups is 1. The number of carbonyl (C=O) groups excluding carboxylic acids is 1. The van der Waals surface area contributed by atoms with Crippen LogP contribution in [-0.4, -0.2) is 45.6 Å². The first-order valence-corrected chi connectivity index (χ1v) is 8.45. The van der Waals surface area contributed by atoms with E-state index in [1.54, 1.807) is 35.7 Å². The Morgan fingerprint density at radius 3 is 2.83 bits per heavy atom. The van der Waals surface area contributed by atoms with Gasteiger partial charge < -0.3 is 10.2 Å². The topological polar surface area (TPSA) is 71.6 Å². The molecular weight excluding hydrogens is 326 g/mol. The lowest BCUT2D eigenvalue weighted by atomic mass is 10.2. The SMILES string of the molecule is CN(C)C(CNC(=O)Cn1nc2ccccn2c1=O)c1cccs1. The zero-order chi connectivity index (χ0) is 17.1. The number of nitrogens with zero attached hydrogens (tertiary/aromatic N) is 4. The van der Waals surface area contributed by atoms with Crippen molar-refractivity contribution in [2.75, 3.05) is 20.6 Å². The van der Waals surface area contributed by atoms with Crippen LogP contribution in [0.5, 0.6) is 0 Å². The first-order chi connectivity index (χ1) is 11.6. The Bertz CT molecular complexity index is 881. The summed E-state index contributed by atoms with van der Waals surface area (Å²) in [6.07, 6.45) is 1.64. The van der Waals surface area contributed by atoms with Gasteiger partial charge in [-0.1, -0.05) is 12.1 Å². The van der Waals surface area contributed by atoms with Crippen molar-refractivity contribution in [1.82, 2.24) is 24.4 Å². The Kier molecular flexibility index (Phi) is 4.77. The second kappa shape index (κ2) is 6.98. The number of nitrogens with one attached hydrogen (secondary N) is 1. The summed E-state index contributed by atoms with van der Waals surface area (Å²) in [6.45, 7) is 0.388. The van der Waals surface area contributed by atoms with Gasteiger partial charge in [-0.05, 0) is 37.7 Å². The fourth-order valence-electron chi connectivity index (χ4n) is 2.49. The van der Waals surface area contributed by atoms with Gasteiger partial charge in [0.15, 0.2) is 5.65 Å². The van der Waals surface area contributed by atoms with Gasteiger partial charge in [0.1, 0.15) is 6.54 Å². The summed E-state index contributed by atoms with van der Waals surface area (Å²) < 4.78 is 2.60. The number of hydrogen-bond donors (Lipinski definition) is 1. The second-order valence-electron chi connectivity index (χ2n) is 5.67. The molecule has 0 saturated heterocycles. The molecule has 0 saturated carbocycles. The monoisotopic (exact) mass is 345 g/mol. The molecule has 0 radical (unpaired) electrons. The molecule has 1 atom stereocenters. The molecule has 126 valence electrons. The van der Waals surface area contributed by atoms with Gasteiger partial charge in [-0.3, -0.25) is 9.20 Å². The molecule has 0 bridgehead atoms. The predicted molar refractivity (Wildman–Crippen MR) is 93.2 cm³/mol. The van der Waals surface area contributed by atoms with Crippen LogP contribution < -0.4 is 11.0 Å². The summed E-state index contributed by atoms with van der Waals surface area (Å²) in [5.74, 6) is -0.232. The van der Waals surface area contributed by atoms with E-state index in [1.807, 2.05) is 31.6 Å². The van der Waals surface area contributed by atoms with Crippen LogP contribution in [0.2, 0.25) is 0 Å². The van der Waals surface area contributed by atoms with Crippen molar-refractivity contribution >= 4 is 22.9 Å². The maximum absolute atomic E-state index is 12.2. The van der Waals surface area contributed by atoms with Crippen molar-refractivity contribution in [3.05, 3.63) is 57.3 Å². The number of fused-ring (bicyclic) bond motifs is 1. The van der Waals surface area contributed by atoms with E-state index in [2.05, 4.69) is 15.3 Å². The van der Waals surface area contributed by atoms with Crippen LogP contribution in [-0.2, 0) is 11.3 Å². The van der Waals surface area contributed by atoms with Crippen LogP contribution in [0.1, 0.15) is 10.9 Å². The van der Waals surface area contributed by atoms with Gasteiger partial charge in [-0.25, -0.2) is 9.48 Å². The Morgan fingerprint density at radius 1 is 1.33 bits per heavy atom. The van der Waals surface area contributed by atoms with Crippen LogP contribution in [0.4, 0.5) is 0 Å². The quantitative estimate of drug-likeness (QED) is 0.723. The van der Waals surface area contributed by atoms with E-state index in [-0.39, 0.29) is 24.2 Å². The Morgan fingerprint density at radius 2 is 2.17 bits per heavy atom. The van der Waals surface area contributed by atoms with Crippen molar-refractivity contribution in [3.8, 4) is 0 Å². The largest absolute Gasteiger partial charge is 0.353 e. The van der Waals surface area contributed by atoms with Gasteiger partial charge in [0, 0.05) is 17.6 Å². The standard InChI is InChI=1S/C16H19N5O2S/c1-19(2)12(13-6-5-9-24-13)10-17-15(22)11-21-16(23)20-8-4-3-7-14(20)18-21/h3-9,12H,10-11H2,1-2H3,(H,17,22). The zero-order valence-corrected chi connectivity index (χ0v) is 14.4. The first-order valence-electron chi connectivity index (χ1n) is 7.57. The number of pyridine rings is 1. The first kappa shape index (κ1) is 16.4. The highest BCUT2D eigenvalue weighted by Crippen LogP contribution is 2.22. The van der Waals surface area contributed by atoms with Crippen LogP contribution >= 0.6 is 11.3 Å². The summed E-state index contributed by atoms with van der Waals surface area (Å²) in [5, 5.41) is 9.07. The lowest BCUT2D eigenvalue weighted by Gasteiger charge is -2.23. The molecule has 3 aromatic rings. The van der Waals surface area contributed by atoms with Crippen molar-refractivity contribution in [3.63, 3.8) is 0 Å². The normalized spacial score (nSPS) is 12.6. The summed E-state index contributed by atoms with van der Waals surface area (Å²) in [6, 6.07) is 9.43. The molecule has 0 aromatic carbocycles. The lowest BCUT2D eigenvalue weighted by molar-refractivity contribution is -0.122. The molecule has 0 spiro atoms. The van der Waals surface area contributed by atoms with Gasteiger partial charge in [-0.2, -0.15) is 0 Å². The van der Waals surface area contributed by atoms with Gasteiger partial charge in [0.2, 0.25) is 5.91 Å². The summed E-state index contributed by atoms with van der Waals surface area (Å²) in [7, 11) is 3.95. The molecule has 8 heteroatoms. The van der Waals surface area contributed by atoms with E-state index in [0.717, 1.165) is 0 Å². The Hall–Kier alpha value is -2.45. The molecule has 0 aliphatic rings. The third-order valence-corrected chi connectivity index (χ3v) is 4.74. The lowest BCUT2D eigenvalue weighted by Crippen LogP contribution is -2.37. The van der Waals surface area contributed by atoms with Crippen molar-refractivity contribution < 1.29 is 4.79 Å². The van der Waals surface area contributed by atoms with E-state index < -0.39 is 0 Å². The molecule has 3 rings (SSSR count). The molecule has 1 amide bonds. The third-order valence-electron chi connectivity index (χ3n) is 3.77. The van der Waals surface area contributed by atoms with Crippen LogP contribution in [0.15, 0.2) is 46.7 Å². The van der Waals surface area contributed by atoms with E-state index >= 15 is 0 Å². The highest BCUT2D eigenvalue weighted by Gasteiger charge is 2.17. The molecule has 7 nitrogen and oxygen atoms in total. The number of hydrogen-bond acceptors (Lipinski definition) is 5. The minimum atomic E-state index is -0.317. The molecule has 24 heavy (non-hydrogen) atoms. The molecule has 1 N–H and O–H groups in total. The fraction of sp³-hybridized carbons (Fsp3) is 0.312. The smallest absolute Gasteiger partial charge is 0.350 e. The maximum atomic E-state index is 12.2. The van der Waals surface area contributed by atoms with Gasteiger partial charge in [0.05, 0.1) is 6.04 Å². The molecule has 3 heterocycles. The number of aromatic nitrogens is 3.